The number of aryl methyl sites for hydroxylation is 1. The van der Waals surface area contributed by atoms with E-state index in [1.54, 1.807) is 67.6 Å². The number of unbranched alkanes of at least 4 members (excludes halogenated alkanes) is 9. The van der Waals surface area contributed by atoms with Gasteiger partial charge in [-0.3, -0.25) is 4.79 Å². The standard InChI is InChI=1S/C36H43N3O5/c1-4-5-6-7-8-9-10-11-12-15-24-43-30-21-19-29(20-22-30)36(41)44-33-23-18-28(25-34(33)42-3)26-37-39-27(2)38-32-17-14-13-16-31(32)35(39)40/h13-14,16-23,25-26H,4-12,15,24H2,1-3H3/b37-26+. The second-order valence-electron chi connectivity index (χ2n) is 10.9. The second-order valence-corrected chi connectivity index (χ2v) is 10.9. The predicted octanol–water partition coefficient (Wildman–Crippen LogP) is 8.11. The van der Waals surface area contributed by atoms with Crippen molar-refractivity contribution in [1.29, 1.82) is 0 Å². The first-order valence-corrected chi connectivity index (χ1v) is 15.7. The van der Waals surface area contributed by atoms with Crippen molar-refractivity contribution >= 4 is 23.1 Å². The molecule has 8 nitrogen and oxygen atoms in total. The molecule has 0 radical (unpaired) electrons. The lowest BCUT2D eigenvalue weighted by Gasteiger charge is -2.11. The van der Waals surface area contributed by atoms with Crippen molar-refractivity contribution in [1.82, 2.24) is 9.66 Å². The van der Waals surface area contributed by atoms with E-state index >= 15 is 0 Å². The van der Waals surface area contributed by atoms with Crippen LogP contribution in [-0.2, 0) is 0 Å². The van der Waals surface area contributed by atoms with Crippen LogP contribution in [0.25, 0.3) is 10.9 Å². The molecule has 44 heavy (non-hydrogen) atoms. The van der Waals surface area contributed by atoms with Gasteiger partial charge in [-0.25, -0.2) is 9.78 Å². The number of para-hydroxylation sites is 1. The molecule has 0 fully saturated rings. The van der Waals surface area contributed by atoms with Gasteiger partial charge in [0.05, 0.1) is 36.4 Å². The van der Waals surface area contributed by atoms with E-state index in [0.717, 1.165) is 12.2 Å². The van der Waals surface area contributed by atoms with Crippen LogP contribution in [0.15, 0.2) is 76.6 Å². The first-order chi connectivity index (χ1) is 21.5. The molecule has 1 aromatic heterocycles. The minimum Gasteiger partial charge on any atom is -0.494 e. The number of aromatic nitrogens is 2. The van der Waals surface area contributed by atoms with Crippen LogP contribution >= 0.6 is 0 Å². The molecule has 232 valence electrons. The number of carbonyl (C=O) groups excluding carboxylic acids is 1. The number of esters is 1. The molecule has 8 heteroatoms. The zero-order valence-corrected chi connectivity index (χ0v) is 26.1. The van der Waals surface area contributed by atoms with Gasteiger partial charge >= 0.3 is 5.97 Å². The number of ether oxygens (including phenoxy) is 3. The summed E-state index contributed by atoms with van der Waals surface area (Å²) < 4.78 is 18.2. The SMILES string of the molecule is CCCCCCCCCCCCOc1ccc(C(=O)Oc2ccc(/C=N/n3c(C)nc4ccccc4c3=O)cc2OC)cc1. The van der Waals surface area contributed by atoms with Gasteiger partial charge in [-0.1, -0.05) is 76.8 Å². The van der Waals surface area contributed by atoms with Crippen molar-refractivity contribution in [3.05, 3.63) is 94.0 Å². The van der Waals surface area contributed by atoms with E-state index in [4.69, 9.17) is 14.2 Å². The Labute approximate surface area is 259 Å². The fourth-order valence-electron chi connectivity index (χ4n) is 4.97. The minimum absolute atomic E-state index is 0.253. The van der Waals surface area contributed by atoms with Crippen LogP contribution in [0.1, 0.15) is 92.9 Å². The molecule has 0 spiro atoms. The van der Waals surface area contributed by atoms with Gasteiger partial charge in [-0.2, -0.15) is 9.78 Å². The largest absolute Gasteiger partial charge is 0.494 e. The molecule has 0 aliphatic carbocycles. The molecular formula is C36H43N3O5. The first kappa shape index (κ1) is 32.5. The van der Waals surface area contributed by atoms with E-state index in [-0.39, 0.29) is 11.3 Å². The molecule has 0 amide bonds. The monoisotopic (exact) mass is 597 g/mol. The molecule has 0 atom stereocenters. The van der Waals surface area contributed by atoms with E-state index in [2.05, 4.69) is 17.0 Å². The Hall–Kier alpha value is -4.46. The fourth-order valence-corrected chi connectivity index (χ4v) is 4.97. The van der Waals surface area contributed by atoms with Crippen LogP contribution in [0.2, 0.25) is 0 Å². The van der Waals surface area contributed by atoms with E-state index < -0.39 is 5.97 Å². The number of benzene rings is 3. The van der Waals surface area contributed by atoms with Gasteiger partial charge in [0.1, 0.15) is 11.6 Å². The lowest BCUT2D eigenvalue weighted by Crippen LogP contribution is -2.20. The van der Waals surface area contributed by atoms with Crippen molar-refractivity contribution in [2.24, 2.45) is 5.10 Å². The van der Waals surface area contributed by atoms with Crippen molar-refractivity contribution in [2.45, 2.75) is 78.1 Å². The van der Waals surface area contributed by atoms with Gasteiger partial charge in [0.25, 0.3) is 5.56 Å². The maximum absolute atomic E-state index is 12.9. The predicted molar refractivity (Wildman–Crippen MR) is 175 cm³/mol. The first-order valence-electron chi connectivity index (χ1n) is 15.7. The van der Waals surface area contributed by atoms with Crippen LogP contribution in [0, 0.1) is 6.92 Å². The van der Waals surface area contributed by atoms with Gasteiger partial charge in [0, 0.05) is 0 Å². The van der Waals surface area contributed by atoms with Crippen molar-refractivity contribution in [3.63, 3.8) is 0 Å². The Morgan fingerprint density at radius 1 is 0.864 bits per heavy atom. The molecule has 0 unspecified atom stereocenters. The Morgan fingerprint density at radius 2 is 1.55 bits per heavy atom. The van der Waals surface area contributed by atoms with Gasteiger partial charge in [-0.05, 0) is 73.5 Å². The summed E-state index contributed by atoms with van der Waals surface area (Å²) in [6.07, 6.45) is 14.4. The summed E-state index contributed by atoms with van der Waals surface area (Å²) in [6.45, 7) is 4.64. The summed E-state index contributed by atoms with van der Waals surface area (Å²) >= 11 is 0. The summed E-state index contributed by atoms with van der Waals surface area (Å²) in [5, 5.41) is 4.83. The summed E-state index contributed by atoms with van der Waals surface area (Å²) in [5.41, 5.74) is 1.44. The maximum atomic E-state index is 12.9. The molecule has 0 aliphatic heterocycles. The number of methoxy groups -OCH3 is 1. The second kappa shape index (κ2) is 17.0. The molecule has 0 bridgehead atoms. The molecule has 0 saturated heterocycles. The summed E-state index contributed by atoms with van der Waals surface area (Å²) in [6, 6.07) is 19.2. The average Bonchev–Trinajstić information content (AvgIpc) is 3.04. The number of carbonyl (C=O) groups is 1. The molecule has 1 heterocycles. The highest BCUT2D eigenvalue weighted by Gasteiger charge is 2.14. The molecule has 0 N–H and O–H groups in total. The molecule has 0 saturated carbocycles. The normalized spacial score (nSPS) is 11.2. The van der Waals surface area contributed by atoms with Gasteiger partial charge in [-0.15, -0.1) is 0 Å². The minimum atomic E-state index is -0.504. The quantitative estimate of drug-likeness (QED) is 0.0528. The Balaban J connectivity index is 1.26. The van der Waals surface area contributed by atoms with E-state index in [1.165, 1.54) is 75.8 Å². The number of hydrogen-bond acceptors (Lipinski definition) is 7. The van der Waals surface area contributed by atoms with Gasteiger partial charge < -0.3 is 14.2 Å². The Bertz CT molecular complexity index is 1590. The van der Waals surface area contributed by atoms with E-state index in [0.29, 0.717) is 40.2 Å². The Kier molecular flexibility index (Phi) is 12.5. The highest BCUT2D eigenvalue weighted by atomic mass is 16.6. The zero-order chi connectivity index (χ0) is 31.1. The van der Waals surface area contributed by atoms with Crippen LogP contribution in [0.4, 0.5) is 0 Å². The third-order valence-electron chi connectivity index (χ3n) is 7.48. The summed E-state index contributed by atoms with van der Waals surface area (Å²) in [5.74, 6) is 1.33. The smallest absolute Gasteiger partial charge is 0.343 e. The van der Waals surface area contributed by atoms with Crippen LogP contribution < -0.4 is 19.8 Å². The number of nitrogens with zero attached hydrogens (tertiary/aromatic N) is 3. The number of hydrogen-bond donors (Lipinski definition) is 0. The van der Waals surface area contributed by atoms with Crippen LogP contribution in [0.5, 0.6) is 17.2 Å². The Morgan fingerprint density at radius 3 is 2.25 bits per heavy atom. The molecule has 4 aromatic rings. The highest BCUT2D eigenvalue weighted by molar-refractivity contribution is 5.91. The molecule has 0 aliphatic rings. The number of fused-ring (bicyclic) bond motifs is 1. The molecule has 4 rings (SSSR count). The number of rotatable bonds is 17. The van der Waals surface area contributed by atoms with Crippen molar-refractivity contribution in [3.8, 4) is 17.2 Å². The third kappa shape index (κ3) is 9.27. The fraction of sp³-hybridized carbons (Fsp3) is 0.389. The zero-order valence-electron chi connectivity index (χ0n) is 26.1. The molecule has 3 aromatic carbocycles. The van der Waals surface area contributed by atoms with Crippen molar-refractivity contribution < 1.29 is 19.0 Å². The van der Waals surface area contributed by atoms with Gasteiger partial charge in [0.2, 0.25) is 0 Å². The van der Waals surface area contributed by atoms with E-state index in [9.17, 15) is 9.59 Å². The lowest BCUT2D eigenvalue weighted by atomic mass is 10.1. The van der Waals surface area contributed by atoms with Gasteiger partial charge in [0.15, 0.2) is 11.5 Å². The molecular weight excluding hydrogens is 554 g/mol. The summed E-state index contributed by atoms with van der Waals surface area (Å²) in [4.78, 5) is 30.2. The third-order valence-corrected chi connectivity index (χ3v) is 7.48. The highest BCUT2D eigenvalue weighted by Crippen LogP contribution is 2.29. The van der Waals surface area contributed by atoms with Crippen LogP contribution in [-0.4, -0.2) is 35.6 Å². The van der Waals surface area contributed by atoms with Crippen molar-refractivity contribution in [2.75, 3.05) is 13.7 Å². The lowest BCUT2D eigenvalue weighted by molar-refractivity contribution is 0.0729. The van der Waals surface area contributed by atoms with E-state index in [1.807, 2.05) is 6.07 Å². The van der Waals surface area contributed by atoms with Crippen LogP contribution in [0.3, 0.4) is 0 Å². The topological polar surface area (TPSA) is 92.0 Å². The maximum Gasteiger partial charge on any atom is 0.343 e. The summed E-state index contributed by atoms with van der Waals surface area (Å²) in [7, 11) is 1.50. The average molecular weight is 598 g/mol.